The summed E-state index contributed by atoms with van der Waals surface area (Å²) in [6.07, 6.45) is 5.44. The van der Waals surface area contributed by atoms with Crippen LogP contribution in [-0.2, 0) is 4.74 Å². The van der Waals surface area contributed by atoms with E-state index in [1.54, 1.807) is 24.4 Å². The molecule has 1 aliphatic rings. The van der Waals surface area contributed by atoms with Gasteiger partial charge >= 0.3 is 0 Å². The Hall–Kier alpha value is -2.32. The fourth-order valence-corrected chi connectivity index (χ4v) is 3.20. The highest BCUT2D eigenvalue weighted by atomic mass is 32.1. The lowest BCUT2D eigenvalue weighted by molar-refractivity contribution is 0.0662. The number of aromatic nitrogens is 4. The van der Waals surface area contributed by atoms with Crippen molar-refractivity contribution < 1.29 is 9.53 Å². The van der Waals surface area contributed by atoms with E-state index in [4.69, 9.17) is 4.74 Å². The number of anilines is 1. The van der Waals surface area contributed by atoms with Crippen molar-refractivity contribution in [3.63, 3.8) is 0 Å². The molecule has 1 aliphatic heterocycles. The van der Waals surface area contributed by atoms with Crippen molar-refractivity contribution >= 4 is 34.4 Å². The van der Waals surface area contributed by atoms with Gasteiger partial charge in [0, 0.05) is 25.0 Å². The standard InChI is InChI=1S/C15H15N5O2S/c21-15(10-1-2-13-14(7-10)19-23-18-13)17-11-8-16-20(9-11)12-3-5-22-6-4-12/h1-2,7-9,12H,3-6H2,(H,17,21). The molecule has 1 amide bonds. The first-order chi connectivity index (χ1) is 11.3. The third-order valence-corrected chi connectivity index (χ3v) is 4.50. The molecule has 0 aliphatic carbocycles. The Morgan fingerprint density at radius 2 is 2.09 bits per heavy atom. The number of fused-ring (bicyclic) bond motifs is 1. The Balaban J connectivity index is 1.48. The van der Waals surface area contributed by atoms with Crippen molar-refractivity contribution in [1.82, 2.24) is 18.5 Å². The number of amides is 1. The molecule has 4 rings (SSSR count). The minimum absolute atomic E-state index is 0.175. The zero-order valence-corrected chi connectivity index (χ0v) is 13.1. The fraction of sp³-hybridized carbons (Fsp3) is 0.333. The molecule has 3 aromatic rings. The van der Waals surface area contributed by atoms with E-state index in [1.807, 2.05) is 10.9 Å². The summed E-state index contributed by atoms with van der Waals surface area (Å²) in [6.45, 7) is 1.52. The lowest BCUT2D eigenvalue weighted by Gasteiger charge is -2.22. The van der Waals surface area contributed by atoms with Crippen LogP contribution in [0.5, 0.6) is 0 Å². The van der Waals surface area contributed by atoms with Crippen molar-refractivity contribution in [2.24, 2.45) is 0 Å². The lowest BCUT2D eigenvalue weighted by Crippen LogP contribution is -2.19. The van der Waals surface area contributed by atoms with E-state index >= 15 is 0 Å². The molecule has 0 spiro atoms. The Bertz CT molecular complexity index is 837. The van der Waals surface area contributed by atoms with E-state index in [9.17, 15) is 4.79 Å². The van der Waals surface area contributed by atoms with E-state index in [2.05, 4.69) is 19.2 Å². The van der Waals surface area contributed by atoms with Gasteiger partial charge in [0.2, 0.25) is 0 Å². The average molecular weight is 329 g/mol. The Kier molecular flexibility index (Phi) is 3.76. The molecule has 8 heteroatoms. The number of nitrogens with zero attached hydrogens (tertiary/aromatic N) is 4. The molecule has 1 saturated heterocycles. The molecule has 7 nitrogen and oxygen atoms in total. The predicted molar refractivity (Wildman–Crippen MR) is 86.7 cm³/mol. The third kappa shape index (κ3) is 2.95. The quantitative estimate of drug-likeness (QED) is 0.798. The normalized spacial score (nSPS) is 15.8. The van der Waals surface area contributed by atoms with E-state index in [-0.39, 0.29) is 5.91 Å². The summed E-state index contributed by atoms with van der Waals surface area (Å²) >= 11 is 1.14. The second kappa shape index (κ2) is 6.05. The van der Waals surface area contributed by atoms with Gasteiger partial charge in [-0.1, -0.05) is 0 Å². The monoisotopic (exact) mass is 329 g/mol. The molecule has 0 unspecified atom stereocenters. The first kappa shape index (κ1) is 14.3. The molecular formula is C15H15N5O2S. The van der Waals surface area contributed by atoms with Crippen LogP contribution in [0.3, 0.4) is 0 Å². The van der Waals surface area contributed by atoms with Crippen molar-refractivity contribution in [1.29, 1.82) is 0 Å². The number of hydrogen-bond acceptors (Lipinski definition) is 6. The maximum absolute atomic E-state index is 12.4. The van der Waals surface area contributed by atoms with E-state index < -0.39 is 0 Å². The smallest absolute Gasteiger partial charge is 0.255 e. The summed E-state index contributed by atoms with van der Waals surface area (Å²) in [7, 11) is 0. The maximum Gasteiger partial charge on any atom is 0.255 e. The molecule has 2 aromatic heterocycles. The molecule has 1 aromatic carbocycles. The number of rotatable bonds is 3. The summed E-state index contributed by atoms with van der Waals surface area (Å²) in [6, 6.07) is 5.64. The summed E-state index contributed by atoms with van der Waals surface area (Å²) in [4.78, 5) is 12.4. The summed E-state index contributed by atoms with van der Waals surface area (Å²) in [5, 5.41) is 7.23. The number of hydrogen-bond donors (Lipinski definition) is 1. The SMILES string of the molecule is O=C(Nc1cnn(C2CCOCC2)c1)c1ccc2nsnc2c1. The van der Waals surface area contributed by atoms with Crippen LogP contribution in [0.15, 0.2) is 30.6 Å². The van der Waals surface area contributed by atoms with Crippen molar-refractivity contribution in [2.45, 2.75) is 18.9 Å². The Labute approximate surface area is 136 Å². The largest absolute Gasteiger partial charge is 0.381 e. The van der Waals surface area contributed by atoms with Crippen molar-refractivity contribution in [3.05, 3.63) is 36.2 Å². The topological polar surface area (TPSA) is 81.9 Å². The van der Waals surface area contributed by atoms with E-state index in [1.165, 1.54) is 0 Å². The van der Waals surface area contributed by atoms with Crippen LogP contribution in [-0.4, -0.2) is 37.6 Å². The molecule has 0 bridgehead atoms. The highest BCUT2D eigenvalue weighted by Crippen LogP contribution is 2.22. The summed E-state index contributed by atoms with van der Waals surface area (Å²) in [5.74, 6) is -0.175. The van der Waals surface area contributed by atoms with Gasteiger partial charge in [-0.15, -0.1) is 0 Å². The van der Waals surface area contributed by atoms with Crippen LogP contribution in [0.4, 0.5) is 5.69 Å². The van der Waals surface area contributed by atoms with Crippen LogP contribution in [0, 0.1) is 0 Å². The number of ether oxygens (including phenoxy) is 1. The zero-order valence-electron chi connectivity index (χ0n) is 12.3. The van der Waals surface area contributed by atoms with E-state index in [0.29, 0.717) is 17.3 Å². The van der Waals surface area contributed by atoms with Crippen LogP contribution >= 0.6 is 11.7 Å². The molecule has 1 fully saturated rings. The average Bonchev–Trinajstić information content (AvgIpc) is 3.24. The Morgan fingerprint density at radius 3 is 2.96 bits per heavy atom. The van der Waals surface area contributed by atoms with Gasteiger partial charge < -0.3 is 10.1 Å². The van der Waals surface area contributed by atoms with Gasteiger partial charge in [-0.25, -0.2) is 0 Å². The molecule has 1 N–H and O–H groups in total. The van der Waals surface area contributed by atoms with Crippen LogP contribution < -0.4 is 5.32 Å². The number of carbonyl (C=O) groups excluding carboxylic acids is 1. The first-order valence-corrected chi connectivity index (χ1v) is 8.18. The first-order valence-electron chi connectivity index (χ1n) is 7.45. The van der Waals surface area contributed by atoms with Gasteiger partial charge in [-0.3, -0.25) is 9.48 Å². The van der Waals surface area contributed by atoms with Gasteiger partial charge in [0.25, 0.3) is 5.91 Å². The molecule has 0 radical (unpaired) electrons. The third-order valence-electron chi connectivity index (χ3n) is 3.94. The minimum Gasteiger partial charge on any atom is -0.381 e. The highest BCUT2D eigenvalue weighted by molar-refractivity contribution is 7.00. The van der Waals surface area contributed by atoms with Crippen LogP contribution in [0.25, 0.3) is 11.0 Å². The molecule has 3 heterocycles. The van der Waals surface area contributed by atoms with Gasteiger partial charge in [0.15, 0.2) is 0 Å². The molecule has 0 atom stereocenters. The number of nitrogens with one attached hydrogen (secondary N) is 1. The predicted octanol–water partition coefficient (Wildman–Crippen LogP) is 2.49. The van der Waals surface area contributed by atoms with Crippen LogP contribution in [0.1, 0.15) is 29.2 Å². The molecule has 23 heavy (non-hydrogen) atoms. The highest BCUT2D eigenvalue weighted by Gasteiger charge is 2.17. The van der Waals surface area contributed by atoms with Gasteiger partial charge in [0.05, 0.1) is 29.7 Å². The fourth-order valence-electron chi connectivity index (χ4n) is 2.68. The molecule has 118 valence electrons. The second-order valence-corrected chi connectivity index (χ2v) is 6.00. The van der Waals surface area contributed by atoms with Crippen molar-refractivity contribution in [3.8, 4) is 0 Å². The summed E-state index contributed by atoms with van der Waals surface area (Å²) < 4.78 is 15.6. The zero-order chi connectivity index (χ0) is 15.6. The lowest BCUT2D eigenvalue weighted by atomic mass is 10.1. The maximum atomic E-state index is 12.4. The number of carbonyl (C=O) groups is 1. The number of benzene rings is 1. The molecular weight excluding hydrogens is 314 g/mol. The van der Waals surface area contributed by atoms with Crippen molar-refractivity contribution in [2.75, 3.05) is 18.5 Å². The Morgan fingerprint density at radius 1 is 1.26 bits per heavy atom. The minimum atomic E-state index is -0.175. The van der Waals surface area contributed by atoms with Gasteiger partial charge in [0.1, 0.15) is 11.0 Å². The van der Waals surface area contributed by atoms with E-state index in [0.717, 1.165) is 48.8 Å². The summed E-state index contributed by atoms with van der Waals surface area (Å²) in [5.41, 5.74) is 2.79. The van der Waals surface area contributed by atoms with Crippen LogP contribution in [0.2, 0.25) is 0 Å². The second-order valence-electron chi connectivity index (χ2n) is 5.47. The van der Waals surface area contributed by atoms with Gasteiger partial charge in [-0.05, 0) is 31.0 Å². The molecule has 0 saturated carbocycles. The van der Waals surface area contributed by atoms with Gasteiger partial charge in [-0.2, -0.15) is 13.8 Å².